The summed E-state index contributed by atoms with van der Waals surface area (Å²) in [5, 5.41) is 18.3. The van der Waals surface area contributed by atoms with Gasteiger partial charge < -0.3 is 10.2 Å². The van der Waals surface area contributed by atoms with Crippen LogP contribution in [0.2, 0.25) is 0 Å². The molecule has 1 unspecified atom stereocenters. The molecule has 0 saturated heterocycles. The highest BCUT2D eigenvalue weighted by molar-refractivity contribution is 5.87. The fourth-order valence-electron chi connectivity index (χ4n) is 3.82. The van der Waals surface area contributed by atoms with Gasteiger partial charge in [0.15, 0.2) is 0 Å². The van der Waals surface area contributed by atoms with Crippen molar-refractivity contribution in [1.29, 1.82) is 0 Å². The molecule has 3 heteroatoms. The molecule has 3 nitrogen and oxygen atoms in total. The molecule has 0 saturated carbocycles. The zero-order chi connectivity index (χ0) is 23.1. The van der Waals surface area contributed by atoms with Crippen molar-refractivity contribution in [3.63, 3.8) is 0 Å². The van der Waals surface area contributed by atoms with E-state index in [0.717, 1.165) is 19.3 Å². The number of aryl methyl sites for hydroxylation is 2. The van der Waals surface area contributed by atoms with Crippen molar-refractivity contribution < 1.29 is 15.0 Å². The molecular formula is C27H40O3. The van der Waals surface area contributed by atoms with Crippen LogP contribution < -0.4 is 0 Å². The number of hydrogen-bond acceptors (Lipinski definition) is 2. The van der Waals surface area contributed by atoms with E-state index < -0.39 is 5.97 Å². The van der Waals surface area contributed by atoms with E-state index in [2.05, 4.69) is 45.9 Å². The SMILES string of the molecule is CCC(CC)(c1ccc(C(=O)O)cc1)c1ccc(C)c(C)c1.CCC(O)C(C)(C)C. The lowest BCUT2D eigenvalue weighted by atomic mass is 9.70. The van der Waals surface area contributed by atoms with E-state index in [1.165, 1.54) is 22.3 Å². The number of rotatable bonds is 6. The first-order valence-corrected chi connectivity index (χ1v) is 11.0. The van der Waals surface area contributed by atoms with Crippen LogP contribution in [0.1, 0.15) is 93.4 Å². The van der Waals surface area contributed by atoms with Crippen molar-refractivity contribution in [3.8, 4) is 0 Å². The van der Waals surface area contributed by atoms with Crippen LogP contribution in [0, 0.1) is 19.3 Å². The number of aliphatic hydroxyl groups is 1. The highest BCUT2D eigenvalue weighted by Gasteiger charge is 2.31. The zero-order valence-corrected chi connectivity index (χ0v) is 20.0. The number of aliphatic hydroxyl groups excluding tert-OH is 1. The normalized spacial score (nSPS) is 12.7. The molecule has 0 radical (unpaired) electrons. The Hall–Kier alpha value is -2.13. The summed E-state index contributed by atoms with van der Waals surface area (Å²) < 4.78 is 0. The van der Waals surface area contributed by atoms with Gasteiger partial charge in [0, 0.05) is 5.41 Å². The van der Waals surface area contributed by atoms with Crippen molar-refractivity contribution in [2.24, 2.45) is 5.41 Å². The Kier molecular flexibility index (Phi) is 9.30. The van der Waals surface area contributed by atoms with Crippen molar-refractivity contribution in [2.75, 3.05) is 0 Å². The van der Waals surface area contributed by atoms with Crippen LogP contribution in [-0.4, -0.2) is 22.3 Å². The predicted octanol–water partition coefficient (Wildman–Crippen LogP) is 6.91. The molecule has 0 aromatic heterocycles. The summed E-state index contributed by atoms with van der Waals surface area (Å²) in [6.07, 6.45) is 2.67. The quantitative estimate of drug-likeness (QED) is 0.542. The Morgan fingerprint density at radius 3 is 1.70 bits per heavy atom. The second kappa shape index (κ2) is 10.8. The minimum absolute atomic E-state index is 0.0600. The smallest absolute Gasteiger partial charge is 0.335 e. The van der Waals surface area contributed by atoms with Crippen LogP contribution in [0.15, 0.2) is 42.5 Å². The standard InChI is InChI=1S/C20H24O2.C7H16O/c1-5-20(6-2,18-10-7-14(3)15(4)13-18)17-11-8-16(9-12-17)19(21)22;1-5-6(8)7(2,3)4/h7-13H,5-6H2,1-4H3,(H,21,22);6,8H,5H2,1-4H3. The lowest BCUT2D eigenvalue weighted by Gasteiger charge is -2.34. The number of carboxylic acid groups (broad SMARTS) is 1. The highest BCUT2D eigenvalue weighted by atomic mass is 16.4. The van der Waals surface area contributed by atoms with Gasteiger partial charge in [0.2, 0.25) is 0 Å². The second-order valence-electron chi connectivity index (χ2n) is 9.26. The summed E-state index contributed by atoms with van der Waals surface area (Å²) in [5.74, 6) is -0.878. The Morgan fingerprint density at radius 1 is 0.867 bits per heavy atom. The predicted molar refractivity (Wildman–Crippen MR) is 126 cm³/mol. The summed E-state index contributed by atoms with van der Waals surface area (Å²) in [4.78, 5) is 11.1. The van der Waals surface area contributed by atoms with Crippen LogP contribution in [0.25, 0.3) is 0 Å². The van der Waals surface area contributed by atoms with Gasteiger partial charge in [-0.15, -0.1) is 0 Å². The number of carbonyl (C=O) groups is 1. The van der Waals surface area contributed by atoms with E-state index in [1.54, 1.807) is 12.1 Å². The Bertz CT molecular complexity index is 809. The minimum atomic E-state index is -0.878. The van der Waals surface area contributed by atoms with Crippen LogP contribution in [-0.2, 0) is 5.41 Å². The molecule has 0 amide bonds. The third-order valence-corrected chi connectivity index (χ3v) is 6.34. The number of aromatic carboxylic acids is 1. The molecule has 0 aliphatic heterocycles. The summed E-state index contributed by atoms with van der Waals surface area (Å²) in [6, 6.07) is 14.0. The van der Waals surface area contributed by atoms with Gasteiger partial charge in [-0.25, -0.2) is 4.79 Å². The first-order valence-electron chi connectivity index (χ1n) is 11.0. The van der Waals surface area contributed by atoms with Crippen molar-refractivity contribution in [3.05, 3.63) is 70.3 Å². The first-order chi connectivity index (χ1) is 13.9. The fraction of sp³-hybridized carbons (Fsp3) is 0.519. The lowest BCUT2D eigenvalue weighted by molar-refractivity contribution is 0.0600. The van der Waals surface area contributed by atoms with Gasteiger partial charge in [-0.05, 0) is 72.9 Å². The molecule has 0 bridgehead atoms. The summed E-state index contributed by atoms with van der Waals surface area (Å²) in [6.45, 7) is 16.8. The molecule has 2 rings (SSSR count). The summed E-state index contributed by atoms with van der Waals surface area (Å²) >= 11 is 0. The lowest BCUT2D eigenvalue weighted by Crippen LogP contribution is -2.26. The largest absolute Gasteiger partial charge is 0.478 e. The van der Waals surface area contributed by atoms with E-state index in [-0.39, 0.29) is 16.9 Å². The van der Waals surface area contributed by atoms with Gasteiger partial charge in [0.25, 0.3) is 0 Å². The Labute approximate surface area is 183 Å². The maximum atomic E-state index is 11.1. The van der Waals surface area contributed by atoms with Crippen molar-refractivity contribution >= 4 is 5.97 Å². The van der Waals surface area contributed by atoms with Gasteiger partial charge >= 0.3 is 5.97 Å². The third-order valence-electron chi connectivity index (χ3n) is 6.34. The molecule has 0 aliphatic carbocycles. The molecule has 0 aliphatic rings. The Morgan fingerprint density at radius 2 is 1.37 bits per heavy atom. The number of hydrogen-bond donors (Lipinski definition) is 2. The molecule has 0 heterocycles. The van der Waals surface area contributed by atoms with Gasteiger partial charge in [-0.1, -0.05) is 71.9 Å². The minimum Gasteiger partial charge on any atom is -0.478 e. The van der Waals surface area contributed by atoms with Crippen LogP contribution in [0.3, 0.4) is 0 Å². The summed E-state index contributed by atoms with van der Waals surface area (Å²) in [5.41, 5.74) is 5.43. The molecule has 0 fully saturated rings. The second-order valence-corrected chi connectivity index (χ2v) is 9.26. The average molecular weight is 413 g/mol. The van der Waals surface area contributed by atoms with E-state index in [1.807, 2.05) is 39.8 Å². The van der Waals surface area contributed by atoms with E-state index in [9.17, 15) is 9.90 Å². The maximum Gasteiger partial charge on any atom is 0.335 e. The van der Waals surface area contributed by atoms with E-state index in [0.29, 0.717) is 5.56 Å². The number of benzene rings is 2. The number of carboxylic acids is 1. The van der Waals surface area contributed by atoms with Crippen LogP contribution in [0.5, 0.6) is 0 Å². The van der Waals surface area contributed by atoms with Gasteiger partial charge in [0.1, 0.15) is 0 Å². The van der Waals surface area contributed by atoms with E-state index in [4.69, 9.17) is 5.11 Å². The van der Waals surface area contributed by atoms with Crippen LogP contribution in [0.4, 0.5) is 0 Å². The molecule has 1 atom stereocenters. The van der Waals surface area contributed by atoms with Gasteiger partial charge in [0.05, 0.1) is 11.7 Å². The van der Waals surface area contributed by atoms with E-state index >= 15 is 0 Å². The first kappa shape index (κ1) is 25.9. The molecule has 0 spiro atoms. The van der Waals surface area contributed by atoms with Crippen LogP contribution >= 0.6 is 0 Å². The molecule has 30 heavy (non-hydrogen) atoms. The fourth-order valence-corrected chi connectivity index (χ4v) is 3.82. The Balaban J connectivity index is 0.000000479. The molecular weight excluding hydrogens is 372 g/mol. The van der Waals surface area contributed by atoms with Gasteiger partial charge in [-0.3, -0.25) is 0 Å². The molecule has 166 valence electrons. The summed E-state index contributed by atoms with van der Waals surface area (Å²) in [7, 11) is 0. The average Bonchev–Trinajstić information content (AvgIpc) is 2.71. The third kappa shape index (κ3) is 6.18. The molecule has 2 aromatic carbocycles. The van der Waals surface area contributed by atoms with Crippen molar-refractivity contribution in [1.82, 2.24) is 0 Å². The highest BCUT2D eigenvalue weighted by Crippen LogP contribution is 2.39. The monoisotopic (exact) mass is 412 g/mol. The zero-order valence-electron chi connectivity index (χ0n) is 20.0. The molecule has 2 N–H and O–H groups in total. The van der Waals surface area contributed by atoms with Gasteiger partial charge in [-0.2, -0.15) is 0 Å². The topological polar surface area (TPSA) is 57.5 Å². The van der Waals surface area contributed by atoms with Crippen molar-refractivity contribution in [2.45, 2.75) is 86.2 Å². The molecule has 2 aromatic rings. The maximum absolute atomic E-state index is 11.1.